The molecule has 0 unspecified atom stereocenters. The van der Waals surface area contributed by atoms with Crippen molar-refractivity contribution < 1.29 is 4.39 Å². The quantitative estimate of drug-likeness (QED) is 0.557. The van der Waals surface area contributed by atoms with E-state index in [0.29, 0.717) is 0 Å². The number of imidazole rings is 1. The van der Waals surface area contributed by atoms with Crippen molar-refractivity contribution >= 4 is 16.9 Å². The molecule has 0 bridgehead atoms. The van der Waals surface area contributed by atoms with Crippen LogP contribution in [0.4, 0.5) is 10.2 Å². The van der Waals surface area contributed by atoms with Crippen LogP contribution in [-0.4, -0.2) is 20.2 Å². The molecule has 0 spiro atoms. The zero-order valence-corrected chi connectivity index (χ0v) is 14.6. The van der Waals surface area contributed by atoms with Crippen LogP contribution in [0.25, 0.3) is 22.2 Å². The molecule has 4 aromatic rings. The Morgan fingerprint density at radius 2 is 1.89 bits per heavy atom. The van der Waals surface area contributed by atoms with Gasteiger partial charge in [-0.25, -0.2) is 9.37 Å². The summed E-state index contributed by atoms with van der Waals surface area (Å²) in [6.07, 6.45) is 6.47. The summed E-state index contributed by atoms with van der Waals surface area (Å²) < 4.78 is 13.4. The average Bonchev–Trinajstić information content (AvgIpc) is 3.14. The minimum Gasteiger partial charge on any atom is -0.359 e. The molecule has 0 atom stereocenters. The van der Waals surface area contributed by atoms with Gasteiger partial charge in [-0.1, -0.05) is 18.2 Å². The Kier molecular flexibility index (Phi) is 3.63. The highest BCUT2D eigenvalue weighted by molar-refractivity contribution is 5.84. The van der Waals surface area contributed by atoms with E-state index in [0.717, 1.165) is 52.8 Å². The standard InChI is InChI=1S/C21H18FN5/c22-16-5-3-15(4-6-16)21(9-1-10-21)26-20-17(8-11-25-27-20)14-2-7-18-19(12-14)24-13-23-18/h2-8,11-13H,1,9-10H2,(H,23,24)(H,26,27). The molecule has 0 radical (unpaired) electrons. The maximum absolute atomic E-state index is 13.4. The van der Waals surface area contributed by atoms with Crippen LogP contribution in [0, 0.1) is 5.82 Å². The molecule has 6 heteroatoms. The van der Waals surface area contributed by atoms with Crippen molar-refractivity contribution in [3.8, 4) is 11.1 Å². The molecule has 2 heterocycles. The van der Waals surface area contributed by atoms with Gasteiger partial charge in [-0.15, -0.1) is 5.10 Å². The predicted molar refractivity (Wildman–Crippen MR) is 103 cm³/mol. The number of nitrogens with zero attached hydrogens (tertiary/aromatic N) is 3. The van der Waals surface area contributed by atoms with E-state index < -0.39 is 0 Å². The molecule has 5 rings (SSSR count). The Morgan fingerprint density at radius 3 is 2.67 bits per heavy atom. The van der Waals surface area contributed by atoms with E-state index in [1.54, 1.807) is 12.5 Å². The fourth-order valence-corrected chi connectivity index (χ4v) is 3.77. The summed E-state index contributed by atoms with van der Waals surface area (Å²) in [5.41, 5.74) is 4.78. The van der Waals surface area contributed by atoms with Gasteiger partial charge in [0, 0.05) is 5.56 Å². The first-order chi connectivity index (χ1) is 13.2. The molecule has 0 amide bonds. The van der Waals surface area contributed by atoms with Crippen LogP contribution in [0.3, 0.4) is 0 Å². The van der Waals surface area contributed by atoms with Crippen LogP contribution >= 0.6 is 0 Å². The number of rotatable bonds is 4. The number of nitrogens with one attached hydrogen (secondary N) is 2. The summed E-state index contributed by atoms with van der Waals surface area (Å²) in [7, 11) is 0. The minimum absolute atomic E-state index is 0.221. The van der Waals surface area contributed by atoms with Gasteiger partial charge >= 0.3 is 0 Å². The fraction of sp³-hybridized carbons (Fsp3) is 0.190. The van der Waals surface area contributed by atoms with Gasteiger partial charge in [0.2, 0.25) is 0 Å². The van der Waals surface area contributed by atoms with E-state index in [9.17, 15) is 4.39 Å². The molecule has 1 aliphatic rings. The summed E-state index contributed by atoms with van der Waals surface area (Å²) in [4.78, 5) is 7.42. The lowest BCUT2D eigenvalue weighted by molar-refractivity contribution is 0.283. The first kappa shape index (κ1) is 15.9. The number of halogens is 1. The zero-order valence-electron chi connectivity index (χ0n) is 14.6. The summed E-state index contributed by atoms with van der Waals surface area (Å²) in [5.74, 6) is 0.515. The minimum atomic E-state index is -0.226. The maximum Gasteiger partial charge on any atom is 0.157 e. The number of benzene rings is 2. The van der Waals surface area contributed by atoms with E-state index in [2.05, 4.69) is 31.5 Å². The van der Waals surface area contributed by atoms with Crippen molar-refractivity contribution in [1.82, 2.24) is 20.2 Å². The average molecular weight is 359 g/mol. The topological polar surface area (TPSA) is 66.5 Å². The molecule has 2 aromatic heterocycles. The van der Waals surface area contributed by atoms with E-state index >= 15 is 0 Å². The molecular weight excluding hydrogens is 341 g/mol. The lowest BCUT2D eigenvalue weighted by Crippen LogP contribution is -2.42. The van der Waals surface area contributed by atoms with Crippen LogP contribution in [0.5, 0.6) is 0 Å². The molecule has 1 aliphatic carbocycles. The Labute approximate surface area is 155 Å². The zero-order chi connectivity index (χ0) is 18.3. The number of hydrogen-bond donors (Lipinski definition) is 2. The number of H-pyrrole nitrogens is 1. The summed E-state index contributed by atoms with van der Waals surface area (Å²) in [6, 6.07) is 14.8. The van der Waals surface area contributed by atoms with Crippen molar-refractivity contribution in [2.45, 2.75) is 24.8 Å². The summed E-state index contributed by atoms with van der Waals surface area (Å²) >= 11 is 0. The Bertz CT molecular complexity index is 1100. The highest BCUT2D eigenvalue weighted by atomic mass is 19.1. The third-order valence-corrected chi connectivity index (χ3v) is 5.41. The van der Waals surface area contributed by atoms with Gasteiger partial charge in [0.1, 0.15) is 5.82 Å². The van der Waals surface area contributed by atoms with E-state index in [-0.39, 0.29) is 11.4 Å². The van der Waals surface area contributed by atoms with E-state index in [1.165, 1.54) is 12.1 Å². The van der Waals surface area contributed by atoms with Crippen molar-refractivity contribution in [2.75, 3.05) is 5.32 Å². The van der Waals surface area contributed by atoms with E-state index in [1.807, 2.05) is 30.3 Å². The molecule has 0 saturated heterocycles. The largest absolute Gasteiger partial charge is 0.359 e. The van der Waals surface area contributed by atoms with Crippen molar-refractivity contribution in [3.05, 3.63) is 72.4 Å². The van der Waals surface area contributed by atoms with Gasteiger partial charge in [-0.3, -0.25) is 0 Å². The smallest absolute Gasteiger partial charge is 0.157 e. The molecule has 134 valence electrons. The molecule has 27 heavy (non-hydrogen) atoms. The molecular formula is C21H18FN5. The highest BCUT2D eigenvalue weighted by Gasteiger charge is 2.39. The second-order valence-corrected chi connectivity index (χ2v) is 7.00. The molecule has 1 saturated carbocycles. The molecule has 2 aromatic carbocycles. The van der Waals surface area contributed by atoms with Gasteiger partial charge in [0.25, 0.3) is 0 Å². The highest BCUT2D eigenvalue weighted by Crippen LogP contribution is 2.45. The number of aromatic amines is 1. The van der Waals surface area contributed by atoms with Crippen LogP contribution in [0.1, 0.15) is 24.8 Å². The summed E-state index contributed by atoms with van der Waals surface area (Å²) in [5, 5.41) is 12.1. The summed E-state index contributed by atoms with van der Waals surface area (Å²) in [6.45, 7) is 0. The second kappa shape index (κ2) is 6.16. The second-order valence-electron chi connectivity index (χ2n) is 7.00. The number of anilines is 1. The Morgan fingerprint density at radius 1 is 1.04 bits per heavy atom. The molecule has 5 nitrogen and oxygen atoms in total. The SMILES string of the molecule is Fc1ccc(C2(Nc3nnccc3-c3ccc4nc[nH]c4c3)CCC2)cc1. The first-order valence-corrected chi connectivity index (χ1v) is 9.03. The van der Waals surface area contributed by atoms with Gasteiger partial charge < -0.3 is 10.3 Å². The number of aromatic nitrogens is 4. The van der Waals surface area contributed by atoms with Gasteiger partial charge in [0.05, 0.1) is 29.1 Å². The van der Waals surface area contributed by atoms with Crippen LogP contribution in [0.15, 0.2) is 61.1 Å². The molecule has 1 fully saturated rings. The fourth-order valence-electron chi connectivity index (χ4n) is 3.77. The number of hydrogen-bond acceptors (Lipinski definition) is 4. The molecule has 2 N–H and O–H groups in total. The normalized spacial score (nSPS) is 15.4. The van der Waals surface area contributed by atoms with Gasteiger partial charge in [0.15, 0.2) is 5.82 Å². The van der Waals surface area contributed by atoms with Crippen LogP contribution in [-0.2, 0) is 5.54 Å². The lowest BCUT2D eigenvalue weighted by atomic mass is 9.71. The third kappa shape index (κ3) is 2.73. The van der Waals surface area contributed by atoms with Crippen molar-refractivity contribution in [1.29, 1.82) is 0 Å². The maximum atomic E-state index is 13.4. The van der Waals surface area contributed by atoms with Crippen molar-refractivity contribution in [2.24, 2.45) is 0 Å². The number of fused-ring (bicyclic) bond motifs is 1. The van der Waals surface area contributed by atoms with Crippen LogP contribution < -0.4 is 5.32 Å². The van der Waals surface area contributed by atoms with Crippen LogP contribution in [0.2, 0.25) is 0 Å². The lowest BCUT2D eigenvalue weighted by Gasteiger charge is -2.43. The van der Waals surface area contributed by atoms with Gasteiger partial charge in [-0.2, -0.15) is 5.10 Å². The monoisotopic (exact) mass is 359 g/mol. The van der Waals surface area contributed by atoms with E-state index in [4.69, 9.17) is 0 Å². The first-order valence-electron chi connectivity index (χ1n) is 9.03. The predicted octanol–water partition coefficient (Wildman–Crippen LogP) is 4.65. The Hall–Kier alpha value is -3.28. The Balaban J connectivity index is 1.54. The van der Waals surface area contributed by atoms with Gasteiger partial charge in [-0.05, 0) is 60.7 Å². The third-order valence-electron chi connectivity index (χ3n) is 5.41. The molecule has 0 aliphatic heterocycles. The van der Waals surface area contributed by atoms with Crippen molar-refractivity contribution in [3.63, 3.8) is 0 Å².